The fourth-order valence-electron chi connectivity index (χ4n) is 3.75. The van der Waals surface area contributed by atoms with E-state index >= 15 is 0 Å². The van der Waals surface area contributed by atoms with E-state index in [1.54, 1.807) is 27.0 Å². The monoisotopic (exact) mass is 399 g/mol. The molecule has 0 atom stereocenters. The van der Waals surface area contributed by atoms with Gasteiger partial charge >= 0.3 is 5.97 Å². The highest BCUT2D eigenvalue weighted by Gasteiger charge is 2.38. The molecule has 0 aliphatic carbocycles. The van der Waals surface area contributed by atoms with Gasteiger partial charge in [0.25, 0.3) is 5.91 Å². The molecule has 0 N–H and O–H groups in total. The molecular formula is C23H26FNO4. The predicted octanol–water partition coefficient (Wildman–Crippen LogP) is 4.76. The van der Waals surface area contributed by atoms with Gasteiger partial charge < -0.3 is 14.1 Å². The van der Waals surface area contributed by atoms with Gasteiger partial charge in [-0.1, -0.05) is 13.8 Å². The number of nitrogens with zero attached hydrogens (tertiary/aromatic N) is 1. The van der Waals surface area contributed by atoms with Gasteiger partial charge in [-0.15, -0.1) is 0 Å². The topological polar surface area (TPSA) is 59.8 Å². The first-order valence-electron chi connectivity index (χ1n) is 9.60. The Hall–Kier alpha value is -2.89. The van der Waals surface area contributed by atoms with Crippen molar-refractivity contribution in [3.63, 3.8) is 0 Å². The molecule has 2 heterocycles. The highest BCUT2D eigenvalue weighted by molar-refractivity contribution is 6.17. The number of furan rings is 1. The maximum atomic E-state index is 13.7. The molecule has 3 rings (SSSR count). The van der Waals surface area contributed by atoms with E-state index < -0.39 is 11.4 Å². The molecule has 0 saturated carbocycles. The summed E-state index contributed by atoms with van der Waals surface area (Å²) in [7, 11) is 0. The largest absolute Gasteiger partial charge is 0.463 e. The van der Waals surface area contributed by atoms with Crippen LogP contribution in [0.4, 0.5) is 4.39 Å². The summed E-state index contributed by atoms with van der Waals surface area (Å²) in [6.07, 6.45) is 2.79. The maximum absolute atomic E-state index is 13.7. The van der Waals surface area contributed by atoms with E-state index in [0.717, 1.165) is 11.1 Å². The number of hydrogen-bond acceptors (Lipinski definition) is 4. The Balaban J connectivity index is 2.11. The quantitative estimate of drug-likeness (QED) is 0.698. The van der Waals surface area contributed by atoms with E-state index in [-0.39, 0.29) is 23.4 Å². The standard InChI is InChI=1S/C23H26FNO4/c1-13(2)29-22(27)17-10-25(21(26)16-7-8-18(24)14(3)9-16)12-23(5,6)19-15(4)11-28-20(17)19/h7-11,13H,12H2,1-6H3. The predicted molar refractivity (Wildman–Crippen MR) is 108 cm³/mol. The van der Waals surface area contributed by atoms with Crippen molar-refractivity contribution in [1.82, 2.24) is 4.90 Å². The molecule has 0 saturated heterocycles. The van der Waals surface area contributed by atoms with E-state index in [1.807, 2.05) is 20.8 Å². The van der Waals surface area contributed by atoms with Gasteiger partial charge in [0.1, 0.15) is 17.2 Å². The molecule has 1 aliphatic rings. The number of halogens is 1. The molecule has 154 valence electrons. The van der Waals surface area contributed by atoms with Crippen LogP contribution in [0, 0.1) is 19.7 Å². The molecule has 0 unspecified atom stereocenters. The SMILES string of the molecule is Cc1cc(C(=O)N2C=C(C(=O)OC(C)C)c3occ(C)c3C(C)(C)C2)ccc1F. The Morgan fingerprint density at radius 1 is 1.21 bits per heavy atom. The second kappa shape index (κ2) is 7.50. The first kappa shape index (κ1) is 20.8. The van der Waals surface area contributed by atoms with Crippen LogP contribution in [0.2, 0.25) is 0 Å². The fourth-order valence-corrected chi connectivity index (χ4v) is 3.75. The van der Waals surface area contributed by atoms with E-state index in [9.17, 15) is 14.0 Å². The first-order chi connectivity index (χ1) is 13.5. The van der Waals surface area contributed by atoms with Gasteiger partial charge in [0.15, 0.2) is 0 Å². The summed E-state index contributed by atoms with van der Waals surface area (Å²) >= 11 is 0. The minimum absolute atomic E-state index is 0.194. The Morgan fingerprint density at radius 2 is 1.90 bits per heavy atom. The lowest BCUT2D eigenvalue weighted by molar-refractivity contribution is -0.140. The molecule has 6 heteroatoms. The molecule has 2 aromatic rings. The zero-order valence-corrected chi connectivity index (χ0v) is 17.6. The highest BCUT2D eigenvalue weighted by Crippen LogP contribution is 2.39. The molecule has 0 radical (unpaired) electrons. The molecule has 29 heavy (non-hydrogen) atoms. The van der Waals surface area contributed by atoms with Crippen LogP contribution in [0.3, 0.4) is 0 Å². The number of benzene rings is 1. The van der Waals surface area contributed by atoms with Crippen molar-refractivity contribution in [3.8, 4) is 0 Å². The zero-order chi connectivity index (χ0) is 21.5. The third kappa shape index (κ3) is 3.97. The average Bonchev–Trinajstić information content (AvgIpc) is 2.95. The van der Waals surface area contributed by atoms with Gasteiger partial charge in [-0.3, -0.25) is 4.79 Å². The summed E-state index contributed by atoms with van der Waals surface area (Å²) in [6.45, 7) is 11.4. The normalized spacial score (nSPS) is 15.6. The molecule has 1 amide bonds. The van der Waals surface area contributed by atoms with Crippen LogP contribution in [0.1, 0.15) is 60.5 Å². The average molecular weight is 399 g/mol. The number of carbonyl (C=O) groups excluding carboxylic acids is 2. The number of fused-ring (bicyclic) bond motifs is 1. The molecule has 0 fully saturated rings. The molecular weight excluding hydrogens is 373 g/mol. The number of carbonyl (C=O) groups is 2. The van der Waals surface area contributed by atoms with Gasteiger partial charge in [-0.25, -0.2) is 9.18 Å². The second-order valence-corrected chi connectivity index (χ2v) is 8.40. The molecule has 0 spiro atoms. The van der Waals surface area contributed by atoms with Gasteiger partial charge in [0, 0.05) is 29.3 Å². The number of aryl methyl sites for hydroxylation is 2. The summed E-state index contributed by atoms with van der Waals surface area (Å²) in [5.41, 5.74) is 2.22. The summed E-state index contributed by atoms with van der Waals surface area (Å²) in [5, 5.41) is 0. The van der Waals surface area contributed by atoms with Crippen LogP contribution in [0.5, 0.6) is 0 Å². The van der Waals surface area contributed by atoms with Crippen LogP contribution >= 0.6 is 0 Å². The van der Waals surface area contributed by atoms with E-state index in [4.69, 9.17) is 9.15 Å². The summed E-state index contributed by atoms with van der Waals surface area (Å²) in [5.74, 6) is -0.826. The Labute approximate surface area is 170 Å². The lowest BCUT2D eigenvalue weighted by Gasteiger charge is -2.29. The molecule has 1 aliphatic heterocycles. The number of rotatable bonds is 3. The van der Waals surface area contributed by atoms with Gasteiger partial charge in [0.2, 0.25) is 0 Å². The number of ether oxygens (including phenoxy) is 1. The lowest BCUT2D eigenvalue weighted by Crippen LogP contribution is -2.37. The third-order valence-corrected chi connectivity index (χ3v) is 4.98. The van der Waals surface area contributed by atoms with Gasteiger partial charge in [0.05, 0.1) is 12.4 Å². The summed E-state index contributed by atoms with van der Waals surface area (Å²) in [4.78, 5) is 27.5. The first-order valence-corrected chi connectivity index (χ1v) is 9.60. The van der Waals surface area contributed by atoms with Crippen molar-refractivity contribution < 1.29 is 23.1 Å². The highest BCUT2D eigenvalue weighted by atomic mass is 19.1. The van der Waals surface area contributed by atoms with Gasteiger partial charge in [-0.2, -0.15) is 0 Å². The van der Waals surface area contributed by atoms with Crippen molar-refractivity contribution >= 4 is 17.4 Å². The molecule has 0 bridgehead atoms. The van der Waals surface area contributed by atoms with E-state index in [2.05, 4.69) is 0 Å². The van der Waals surface area contributed by atoms with Crippen molar-refractivity contribution in [1.29, 1.82) is 0 Å². The van der Waals surface area contributed by atoms with Crippen LogP contribution in [0.15, 0.2) is 35.1 Å². The Kier molecular flexibility index (Phi) is 5.39. The number of amides is 1. The van der Waals surface area contributed by atoms with Gasteiger partial charge in [-0.05, 0) is 57.0 Å². The lowest BCUT2D eigenvalue weighted by atomic mass is 9.81. The van der Waals surface area contributed by atoms with Crippen LogP contribution in [-0.2, 0) is 14.9 Å². The van der Waals surface area contributed by atoms with Crippen molar-refractivity contribution in [2.24, 2.45) is 0 Å². The zero-order valence-electron chi connectivity index (χ0n) is 17.6. The van der Waals surface area contributed by atoms with Crippen LogP contribution in [-0.4, -0.2) is 29.4 Å². The third-order valence-electron chi connectivity index (χ3n) is 4.98. The van der Waals surface area contributed by atoms with E-state index in [0.29, 0.717) is 23.4 Å². The van der Waals surface area contributed by atoms with Crippen LogP contribution < -0.4 is 0 Å². The smallest absolute Gasteiger partial charge is 0.343 e. The molecule has 1 aromatic heterocycles. The summed E-state index contributed by atoms with van der Waals surface area (Å²) < 4.78 is 24.8. The molecule has 5 nitrogen and oxygen atoms in total. The second-order valence-electron chi connectivity index (χ2n) is 8.40. The van der Waals surface area contributed by atoms with Crippen LogP contribution in [0.25, 0.3) is 5.57 Å². The number of hydrogen-bond donors (Lipinski definition) is 0. The number of esters is 1. The van der Waals surface area contributed by atoms with Crippen molar-refractivity contribution in [2.45, 2.75) is 53.1 Å². The minimum Gasteiger partial charge on any atom is -0.463 e. The fraction of sp³-hybridized carbons (Fsp3) is 0.391. The van der Waals surface area contributed by atoms with E-state index in [1.165, 1.54) is 29.3 Å². The Bertz CT molecular complexity index is 1000. The molecule has 1 aromatic carbocycles. The van der Waals surface area contributed by atoms with Crippen molar-refractivity contribution in [2.75, 3.05) is 6.54 Å². The van der Waals surface area contributed by atoms with Crippen molar-refractivity contribution in [3.05, 3.63) is 64.5 Å². The summed E-state index contributed by atoms with van der Waals surface area (Å²) in [6, 6.07) is 4.24. The minimum atomic E-state index is -0.554. The maximum Gasteiger partial charge on any atom is 0.343 e. The Morgan fingerprint density at radius 3 is 2.52 bits per heavy atom.